The molecule has 15 heavy (non-hydrogen) atoms. The average molecular weight is 229 g/mol. The summed E-state index contributed by atoms with van der Waals surface area (Å²) in [5.41, 5.74) is 0. The lowest BCUT2D eigenvalue weighted by Gasteiger charge is -2.06. The molecule has 0 saturated heterocycles. The van der Waals surface area contributed by atoms with Gasteiger partial charge in [-0.1, -0.05) is 0 Å². The zero-order chi connectivity index (χ0) is 11.5. The van der Waals surface area contributed by atoms with Crippen LogP contribution in [0.25, 0.3) is 0 Å². The van der Waals surface area contributed by atoms with Gasteiger partial charge in [-0.05, 0) is 19.1 Å². The fourth-order valence-electron chi connectivity index (χ4n) is 0.884. The Hall–Kier alpha value is -1.52. The lowest BCUT2D eigenvalue weighted by Crippen LogP contribution is -2.32. The Morgan fingerprint density at radius 3 is 2.87 bits per heavy atom. The van der Waals surface area contributed by atoms with Crippen molar-refractivity contribution in [1.82, 2.24) is 9.71 Å². The minimum Gasteiger partial charge on any atom is -0.241 e. The number of nitriles is 1. The SMILES string of the molecule is CC(C#N)NS(=O)(=O)c1ncccc1F. The van der Waals surface area contributed by atoms with Crippen molar-refractivity contribution >= 4 is 10.0 Å². The Morgan fingerprint density at radius 2 is 2.33 bits per heavy atom. The maximum atomic E-state index is 13.1. The third-order valence-corrected chi connectivity index (χ3v) is 2.98. The number of rotatable bonds is 3. The van der Waals surface area contributed by atoms with Crippen molar-refractivity contribution in [3.8, 4) is 6.07 Å². The minimum absolute atomic E-state index is 0.702. The van der Waals surface area contributed by atoms with E-state index in [0.29, 0.717) is 0 Å². The second-order valence-electron chi connectivity index (χ2n) is 2.76. The zero-order valence-electron chi connectivity index (χ0n) is 7.81. The molecule has 0 aliphatic carbocycles. The predicted octanol–water partition coefficient (Wildman–Crippen LogP) is 0.411. The smallest absolute Gasteiger partial charge is 0.241 e. The molecule has 0 aliphatic heterocycles. The maximum absolute atomic E-state index is 13.1. The van der Waals surface area contributed by atoms with Crippen LogP contribution in [-0.2, 0) is 10.0 Å². The summed E-state index contributed by atoms with van der Waals surface area (Å²) in [6.07, 6.45) is 1.16. The fraction of sp³-hybridized carbons (Fsp3) is 0.250. The van der Waals surface area contributed by atoms with Crippen molar-refractivity contribution in [2.75, 3.05) is 0 Å². The summed E-state index contributed by atoms with van der Waals surface area (Å²) in [5, 5.41) is 7.72. The largest absolute Gasteiger partial charge is 0.262 e. The van der Waals surface area contributed by atoms with Crippen LogP contribution in [0.5, 0.6) is 0 Å². The van der Waals surface area contributed by atoms with E-state index in [0.717, 1.165) is 12.3 Å². The molecular weight excluding hydrogens is 221 g/mol. The Balaban J connectivity index is 3.09. The van der Waals surface area contributed by atoms with Gasteiger partial charge in [-0.3, -0.25) is 0 Å². The van der Waals surface area contributed by atoms with Gasteiger partial charge < -0.3 is 0 Å². The van der Waals surface area contributed by atoms with Gasteiger partial charge in [0.15, 0.2) is 5.82 Å². The first-order valence-corrected chi connectivity index (χ1v) is 5.48. The molecule has 1 heterocycles. The van der Waals surface area contributed by atoms with E-state index >= 15 is 0 Å². The fourth-order valence-corrected chi connectivity index (χ4v) is 2.04. The Labute approximate surface area is 86.6 Å². The second kappa shape index (κ2) is 4.33. The monoisotopic (exact) mass is 229 g/mol. The van der Waals surface area contributed by atoms with Gasteiger partial charge in [0.2, 0.25) is 5.03 Å². The molecule has 7 heteroatoms. The summed E-state index contributed by atoms with van der Waals surface area (Å²) >= 11 is 0. The van der Waals surface area contributed by atoms with Crippen LogP contribution in [0.1, 0.15) is 6.92 Å². The van der Waals surface area contributed by atoms with Crippen molar-refractivity contribution in [3.63, 3.8) is 0 Å². The van der Waals surface area contributed by atoms with Crippen LogP contribution in [0, 0.1) is 17.1 Å². The van der Waals surface area contributed by atoms with Crippen molar-refractivity contribution in [1.29, 1.82) is 5.26 Å². The van der Waals surface area contributed by atoms with Crippen molar-refractivity contribution in [3.05, 3.63) is 24.1 Å². The van der Waals surface area contributed by atoms with E-state index in [1.54, 1.807) is 6.07 Å². The van der Waals surface area contributed by atoms with Crippen LogP contribution in [0.15, 0.2) is 23.4 Å². The van der Waals surface area contributed by atoms with E-state index in [9.17, 15) is 12.8 Å². The molecule has 1 N–H and O–H groups in total. The molecule has 0 radical (unpaired) electrons. The van der Waals surface area contributed by atoms with E-state index in [2.05, 4.69) is 4.98 Å². The predicted molar refractivity (Wildman–Crippen MR) is 49.6 cm³/mol. The normalized spacial score (nSPS) is 13.1. The van der Waals surface area contributed by atoms with Gasteiger partial charge in [0.1, 0.15) is 6.04 Å². The molecule has 0 aromatic carbocycles. The highest BCUT2D eigenvalue weighted by Crippen LogP contribution is 2.09. The Bertz CT molecular complexity index is 495. The molecule has 1 rings (SSSR count). The van der Waals surface area contributed by atoms with Crippen molar-refractivity contribution in [2.24, 2.45) is 0 Å². The Kier molecular flexibility index (Phi) is 3.34. The van der Waals surface area contributed by atoms with E-state index in [1.807, 2.05) is 4.72 Å². The molecule has 1 unspecified atom stereocenters. The number of halogens is 1. The number of hydrogen-bond acceptors (Lipinski definition) is 4. The highest BCUT2D eigenvalue weighted by Gasteiger charge is 2.22. The first-order valence-electron chi connectivity index (χ1n) is 4.00. The number of nitrogens with zero attached hydrogens (tertiary/aromatic N) is 2. The van der Waals surface area contributed by atoms with Gasteiger partial charge >= 0.3 is 0 Å². The Morgan fingerprint density at radius 1 is 1.67 bits per heavy atom. The molecule has 0 fully saturated rings. The third kappa shape index (κ3) is 2.71. The molecule has 0 amide bonds. The third-order valence-electron chi connectivity index (χ3n) is 1.50. The van der Waals surface area contributed by atoms with Gasteiger partial charge in [0.05, 0.1) is 6.07 Å². The number of aromatic nitrogens is 1. The van der Waals surface area contributed by atoms with Crippen LogP contribution in [0.4, 0.5) is 4.39 Å². The lowest BCUT2D eigenvalue weighted by molar-refractivity contribution is 0.542. The van der Waals surface area contributed by atoms with Gasteiger partial charge in [-0.2, -0.15) is 9.98 Å². The lowest BCUT2D eigenvalue weighted by atomic mass is 10.4. The maximum Gasteiger partial charge on any atom is 0.262 e. The summed E-state index contributed by atoms with van der Waals surface area (Å²) in [4.78, 5) is 3.40. The summed E-state index contributed by atoms with van der Waals surface area (Å²) < 4.78 is 38.0. The average Bonchev–Trinajstić information content (AvgIpc) is 2.17. The second-order valence-corrected chi connectivity index (χ2v) is 4.39. The first kappa shape index (κ1) is 11.6. The molecule has 1 aromatic heterocycles. The number of pyridine rings is 1. The molecule has 1 aromatic rings. The van der Waals surface area contributed by atoms with Gasteiger partial charge in [-0.25, -0.2) is 17.8 Å². The van der Waals surface area contributed by atoms with Crippen LogP contribution in [-0.4, -0.2) is 19.4 Å². The number of hydrogen-bond donors (Lipinski definition) is 1. The number of nitrogens with one attached hydrogen (secondary N) is 1. The summed E-state index contributed by atoms with van der Waals surface area (Å²) in [6, 6.07) is 3.00. The molecular formula is C8H8FN3O2S. The van der Waals surface area contributed by atoms with Crippen LogP contribution in [0.2, 0.25) is 0 Å². The van der Waals surface area contributed by atoms with Crippen LogP contribution >= 0.6 is 0 Å². The van der Waals surface area contributed by atoms with E-state index in [1.165, 1.54) is 13.0 Å². The molecule has 0 spiro atoms. The summed E-state index contributed by atoms with van der Waals surface area (Å²) in [5.74, 6) is -0.949. The van der Waals surface area contributed by atoms with E-state index in [4.69, 9.17) is 5.26 Å². The molecule has 1 atom stereocenters. The highest BCUT2D eigenvalue weighted by atomic mass is 32.2. The number of sulfonamides is 1. The standard InChI is InChI=1S/C8H8FN3O2S/c1-6(5-10)12-15(13,14)8-7(9)3-2-4-11-8/h2-4,6,12H,1H3. The molecule has 0 bridgehead atoms. The van der Waals surface area contributed by atoms with Gasteiger partial charge in [0, 0.05) is 6.20 Å². The minimum atomic E-state index is -4.06. The highest BCUT2D eigenvalue weighted by molar-refractivity contribution is 7.89. The molecule has 80 valence electrons. The first-order chi connectivity index (χ1) is 6.97. The van der Waals surface area contributed by atoms with E-state index < -0.39 is 26.9 Å². The van der Waals surface area contributed by atoms with Crippen LogP contribution < -0.4 is 4.72 Å². The summed E-state index contributed by atoms with van der Waals surface area (Å²) in [6.45, 7) is 1.35. The van der Waals surface area contributed by atoms with Crippen LogP contribution in [0.3, 0.4) is 0 Å². The topological polar surface area (TPSA) is 82.9 Å². The zero-order valence-corrected chi connectivity index (χ0v) is 8.62. The van der Waals surface area contributed by atoms with E-state index in [-0.39, 0.29) is 0 Å². The quantitative estimate of drug-likeness (QED) is 0.813. The van der Waals surface area contributed by atoms with Gasteiger partial charge in [-0.15, -0.1) is 0 Å². The van der Waals surface area contributed by atoms with Crippen molar-refractivity contribution < 1.29 is 12.8 Å². The molecule has 0 aliphatic rings. The summed E-state index contributed by atoms with van der Waals surface area (Å²) in [7, 11) is -4.06. The van der Waals surface area contributed by atoms with Crippen molar-refractivity contribution in [2.45, 2.75) is 18.0 Å². The molecule has 0 saturated carbocycles. The van der Waals surface area contributed by atoms with Gasteiger partial charge in [0.25, 0.3) is 10.0 Å². The molecule has 5 nitrogen and oxygen atoms in total.